The average Bonchev–Trinajstić information content (AvgIpc) is 3.38. The molecule has 3 aliphatic rings. The highest BCUT2D eigenvalue weighted by molar-refractivity contribution is 6.34. The summed E-state index contributed by atoms with van der Waals surface area (Å²) in [4.78, 5) is 41.3. The molecule has 3 aromatic heterocycles. The lowest BCUT2D eigenvalue weighted by Crippen LogP contribution is -2.57. The topological polar surface area (TPSA) is 104 Å². The highest BCUT2D eigenvalue weighted by Crippen LogP contribution is 2.44. The number of carboxylic acid groups (broad SMARTS) is 1. The molecule has 1 aromatic carbocycles. The molecule has 0 amide bonds. The number of fused-ring (bicyclic) bond motifs is 1. The van der Waals surface area contributed by atoms with Gasteiger partial charge in [0.15, 0.2) is 0 Å². The van der Waals surface area contributed by atoms with Crippen LogP contribution in [0.4, 0.5) is 11.5 Å². The number of rotatable bonds is 9. The van der Waals surface area contributed by atoms with Crippen molar-refractivity contribution in [2.45, 2.75) is 37.8 Å². The Balaban J connectivity index is 1.27. The normalized spacial score (nSPS) is 20.3. The van der Waals surface area contributed by atoms with Crippen LogP contribution in [0.15, 0.2) is 59.8 Å². The molecule has 10 nitrogen and oxygen atoms in total. The van der Waals surface area contributed by atoms with Crippen molar-refractivity contribution in [1.82, 2.24) is 19.4 Å². The van der Waals surface area contributed by atoms with Crippen molar-refractivity contribution in [3.8, 4) is 11.6 Å². The number of nitrogens with zero attached hydrogens (tertiary/aromatic N) is 6. The SMILES string of the molecule is CN(C)C1CN(c2ccc(-n3cc(C(=O)O)c(=O)c4cc(Cl)c(N5CC(C6CCC6)C[C@@H]5COc5ncccc5Cl)cc43)cn2)C1. The predicted molar refractivity (Wildman–Crippen MR) is 180 cm³/mol. The average molecular weight is 664 g/mol. The van der Waals surface area contributed by atoms with Crippen LogP contribution in [0.5, 0.6) is 5.88 Å². The lowest BCUT2D eigenvalue weighted by molar-refractivity contribution is 0.0695. The van der Waals surface area contributed by atoms with Crippen molar-refractivity contribution in [2.75, 3.05) is 50.1 Å². The Hall–Kier alpha value is -3.86. The van der Waals surface area contributed by atoms with Gasteiger partial charge in [-0.2, -0.15) is 0 Å². The van der Waals surface area contributed by atoms with Crippen molar-refractivity contribution in [3.63, 3.8) is 0 Å². The first kappa shape index (κ1) is 30.8. The number of benzene rings is 1. The molecule has 12 heteroatoms. The Bertz CT molecular complexity index is 1840. The van der Waals surface area contributed by atoms with E-state index < -0.39 is 11.4 Å². The number of carboxylic acids is 1. The lowest BCUT2D eigenvalue weighted by Gasteiger charge is -2.43. The molecule has 0 bridgehead atoms. The van der Waals surface area contributed by atoms with Gasteiger partial charge in [0.25, 0.3) is 0 Å². The van der Waals surface area contributed by atoms with Crippen LogP contribution in [-0.2, 0) is 0 Å². The smallest absolute Gasteiger partial charge is 0.341 e. The summed E-state index contributed by atoms with van der Waals surface area (Å²) < 4.78 is 7.87. The summed E-state index contributed by atoms with van der Waals surface area (Å²) in [7, 11) is 4.14. The molecule has 4 aromatic rings. The van der Waals surface area contributed by atoms with Crippen LogP contribution in [0.25, 0.3) is 16.6 Å². The molecule has 0 radical (unpaired) electrons. The number of halogens is 2. The molecule has 46 heavy (non-hydrogen) atoms. The maximum Gasteiger partial charge on any atom is 0.341 e. The fourth-order valence-electron chi connectivity index (χ4n) is 6.91. The Morgan fingerprint density at radius 1 is 1.07 bits per heavy atom. The highest BCUT2D eigenvalue weighted by atomic mass is 35.5. The van der Waals surface area contributed by atoms with Crippen molar-refractivity contribution < 1.29 is 14.6 Å². The number of aromatic carboxylic acids is 1. The van der Waals surface area contributed by atoms with Crippen LogP contribution in [-0.4, -0.2) is 82.9 Å². The van der Waals surface area contributed by atoms with Crippen LogP contribution in [0.2, 0.25) is 10.0 Å². The first-order valence-electron chi connectivity index (χ1n) is 15.7. The summed E-state index contributed by atoms with van der Waals surface area (Å²) in [5.41, 5.74) is 1.06. The van der Waals surface area contributed by atoms with E-state index in [9.17, 15) is 14.7 Å². The maximum atomic E-state index is 13.4. The number of pyridine rings is 3. The third-order valence-corrected chi connectivity index (χ3v) is 10.5. The largest absolute Gasteiger partial charge is 0.477 e. The third-order valence-electron chi connectivity index (χ3n) is 9.94. The summed E-state index contributed by atoms with van der Waals surface area (Å²) in [5.74, 6) is 1.08. The molecule has 7 rings (SSSR count). The Kier molecular flexibility index (Phi) is 8.29. The van der Waals surface area contributed by atoms with E-state index in [-0.39, 0.29) is 17.0 Å². The molecule has 2 saturated heterocycles. The van der Waals surface area contributed by atoms with Crippen LogP contribution in [0, 0.1) is 11.8 Å². The second kappa shape index (κ2) is 12.4. The molecule has 3 fully saturated rings. The van der Waals surface area contributed by atoms with E-state index in [1.807, 2.05) is 18.2 Å². The van der Waals surface area contributed by atoms with Gasteiger partial charge in [-0.05, 0) is 68.8 Å². The molecule has 1 unspecified atom stereocenters. The second-order valence-corrected chi connectivity index (χ2v) is 13.7. The van der Waals surface area contributed by atoms with Gasteiger partial charge in [-0.25, -0.2) is 14.8 Å². The van der Waals surface area contributed by atoms with E-state index in [1.165, 1.54) is 25.5 Å². The van der Waals surface area contributed by atoms with E-state index in [4.69, 9.17) is 32.9 Å². The van der Waals surface area contributed by atoms with Crippen molar-refractivity contribution in [3.05, 3.63) is 80.8 Å². The molecular weight excluding hydrogens is 627 g/mol. The number of anilines is 2. The summed E-state index contributed by atoms with van der Waals surface area (Å²) in [5, 5.41) is 11.0. The third kappa shape index (κ3) is 5.67. The van der Waals surface area contributed by atoms with Crippen LogP contribution in [0.1, 0.15) is 36.0 Å². The number of hydrogen-bond donors (Lipinski definition) is 1. The van der Waals surface area contributed by atoms with Gasteiger partial charge < -0.3 is 29.1 Å². The summed E-state index contributed by atoms with van der Waals surface area (Å²) >= 11 is 13.3. The molecule has 1 N–H and O–H groups in total. The van der Waals surface area contributed by atoms with Gasteiger partial charge in [-0.1, -0.05) is 42.5 Å². The minimum absolute atomic E-state index is 0.000514. The zero-order valence-electron chi connectivity index (χ0n) is 25.8. The summed E-state index contributed by atoms with van der Waals surface area (Å²) in [6.45, 7) is 2.95. The molecule has 5 heterocycles. The Labute approximate surface area is 277 Å². The van der Waals surface area contributed by atoms with Crippen LogP contribution in [0.3, 0.4) is 0 Å². The van der Waals surface area contributed by atoms with E-state index in [0.29, 0.717) is 51.6 Å². The molecule has 1 aliphatic carbocycles. The highest BCUT2D eigenvalue weighted by Gasteiger charge is 2.40. The first-order chi connectivity index (χ1) is 22.2. The maximum absolute atomic E-state index is 13.4. The van der Waals surface area contributed by atoms with Crippen molar-refractivity contribution >= 4 is 51.6 Å². The summed E-state index contributed by atoms with van der Waals surface area (Å²) in [6.07, 6.45) is 9.39. The number of likely N-dealkylation sites (N-methyl/N-ethyl adjacent to an activating group) is 1. The number of aromatic nitrogens is 3. The van der Waals surface area contributed by atoms with Gasteiger partial charge in [0, 0.05) is 43.5 Å². The zero-order chi connectivity index (χ0) is 32.1. The van der Waals surface area contributed by atoms with Gasteiger partial charge >= 0.3 is 5.97 Å². The second-order valence-electron chi connectivity index (χ2n) is 12.9. The molecule has 2 atom stereocenters. The van der Waals surface area contributed by atoms with E-state index >= 15 is 0 Å². The van der Waals surface area contributed by atoms with Gasteiger partial charge in [0.1, 0.15) is 23.0 Å². The summed E-state index contributed by atoms with van der Waals surface area (Å²) in [6, 6.07) is 11.3. The van der Waals surface area contributed by atoms with Crippen LogP contribution < -0.4 is 20.0 Å². The molecule has 240 valence electrons. The van der Waals surface area contributed by atoms with E-state index in [0.717, 1.165) is 37.6 Å². The minimum Gasteiger partial charge on any atom is -0.477 e. The number of ether oxygens (including phenoxy) is 1. The zero-order valence-corrected chi connectivity index (χ0v) is 27.3. The van der Waals surface area contributed by atoms with Crippen molar-refractivity contribution in [1.29, 1.82) is 0 Å². The van der Waals surface area contributed by atoms with Gasteiger partial charge in [0.2, 0.25) is 11.3 Å². The molecule has 2 aliphatic heterocycles. The van der Waals surface area contributed by atoms with Crippen LogP contribution >= 0.6 is 23.2 Å². The van der Waals surface area contributed by atoms with E-state index in [1.54, 1.807) is 35.2 Å². The fraction of sp³-hybridized carbons (Fsp3) is 0.412. The molecule has 0 spiro atoms. The standard InChI is InChI=1S/C34H36Cl2N6O4/c1-39(2)24-16-40(17-24)31-9-8-22(14-38-31)42-18-26(34(44)45)32(43)25-12-28(36)30(13-29(25)42)41-15-21(20-5-3-6-20)11-23(41)19-46-33-27(35)7-4-10-37-33/h4,7-10,12-14,18,20-21,23-24H,3,5-6,11,15-17,19H2,1-2H3,(H,44,45)/t21?,23-/m1/s1. The Morgan fingerprint density at radius 3 is 2.52 bits per heavy atom. The minimum atomic E-state index is -1.30. The van der Waals surface area contributed by atoms with Gasteiger partial charge in [0.05, 0.1) is 34.2 Å². The number of carbonyl (C=O) groups is 1. The quantitative estimate of drug-likeness (QED) is 0.245. The first-order valence-corrected chi connectivity index (χ1v) is 16.4. The predicted octanol–water partition coefficient (Wildman–Crippen LogP) is 5.61. The fourth-order valence-corrected chi connectivity index (χ4v) is 7.36. The Morgan fingerprint density at radius 2 is 1.87 bits per heavy atom. The van der Waals surface area contributed by atoms with Gasteiger partial charge in [-0.3, -0.25) is 4.79 Å². The molecular formula is C34H36Cl2N6O4. The van der Waals surface area contributed by atoms with Crippen molar-refractivity contribution in [2.24, 2.45) is 11.8 Å². The molecule has 1 saturated carbocycles. The lowest BCUT2D eigenvalue weighted by atomic mass is 9.75. The monoisotopic (exact) mass is 662 g/mol. The van der Waals surface area contributed by atoms with E-state index in [2.05, 4.69) is 33.8 Å². The number of hydrogen-bond acceptors (Lipinski definition) is 8. The van der Waals surface area contributed by atoms with Gasteiger partial charge in [-0.15, -0.1) is 0 Å².